The number of nitrogens with zero attached hydrogens (tertiary/aromatic N) is 3. The Kier molecular flexibility index (Phi) is 3.70. The zero-order valence-corrected chi connectivity index (χ0v) is 12.2. The molecule has 0 saturated heterocycles. The monoisotopic (exact) mass is 292 g/mol. The highest BCUT2D eigenvalue weighted by Gasteiger charge is 2.09. The summed E-state index contributed by atoms with van der Waals surface area (Å²) in [5.74, 6) is 0.464. The van der Waals surface area contributed by atoms with E-state index >= 15 is 0 Å². The fraction of sp³-hybridized carbons (Fsp3) is 0.118. The van der Waals surface area contributed by atoms with Crippen LogP contribution in [0.25, 0.3) is 10.9 Å². The first-order chi connectivity index (χ1) is 10.6. The van der Waals surface area contributed by atoms with Crippen LogP contribution in [0.4, 0.5) is 5.82 Å². The van der Waals surface area contributed by atoms with E-state index in [4.69, 9.17) is 5.73 Å². The van der Waals surface area contributed by atoms with E-state index in [1.165, 1.54) is 0 Å². The molecule has 0 aliphatic heterocycles. The molecular formula is C17H16N4O. The van der Waals surface area contributed by atoms with Gasteiger partial charge in [0, 0.05) is 24.5 Å². The molecule has 1 aromatic heterocycles. The summed E-state index contributed by atoms with van der Waals surface area (Å²) in [6, 6.07) is 15.2. The highest BCUT2D eigenvalue weighted by molar-refractivity contribution is 5.92. The van der Waals surface area contributed by atoms with Crippen LogP contribution in [0.1, 0.15) is 15.9 Å². The van der Waals surface area contributed by atoms with E-state index in [0.29, 0.717) is 12.1 Å². The van der Waals surface area contributed by atoms with Gasteiger partial charge in [-0.25, -0.2) is 9.97 Å². The lowest BCUT2D eigenvalue weighted by Gasteiger charge is -2.19. The van der Waals surface area contributed by atoms with Crippen LogP contribution in [0.15, 0.2) is 54.9 Å². The summed E-state index contributed by atoms with van der Waals surface area (Å²) < 4.78 is 0. The van der Waals surface area contributed by atoms with Gasteiger partial charge in [0.1, 0.15) is 12.1 Å². The lowest BCUT2D eigenvalue weighted by Crippen LogP contribution is -2.18. The third kappa shape index (κ3) is 2.74. The Morgan fingerprint density at radius 3 is 2.55 bits per heavy atom. The van der Waals surface area contributed by atoms with E-state index in [1.54, 1.807) is 18.5 Å². The van der Waals surface area contributed by atoms with Gasteiger partial charge in [-0.2, -0.15) is 0 Å². The molecule has 110 valence electrons. The van der Waals surface area contributed by atoms with Gasteiger partial charge in [0.05, 0.1) is 5.52 Å². The second-order valence-electron chi connectivity index (χ2n) is 5.13. The van der Waals surface area contributed by atoms with Crippen LogP contribution < -0.4 is 10.6 Å². The zero-order valence-electron chi connectivity index (χ0n) is 12.2. The number of hydrogen-bond donors (Lipinski definition) is 1. The number of anilines is 1. The van der Waals surface area contributed by atoms with Crippen molar-refractivity contribution < 1.29 is 4.79 Å². The minimum atomic E-state index is -0.415. The van der Waals surface area contributed by atoms with E-state index in [0.717, 1.165) is 22.3 Å². The van der Waals surface area contributed by atoms with E-state index < -0.39 is 5.91 Å². The number of carbonyl (C=O) groups excluding carboxylic acids is 1. The van der Waals surface area contributed by atoms with Crippen molar-refractivity contribution >= 4 is 22.6 Å². The van der Waals surface area contributed by atoms with Crippen LogP contribution in [-0.2, 0) is 6.54 Å². The Hall–Kier alpha value is -2.95. The Balaban J connectivity index is 1.87. The maximum Gasteiger partial charge on any atom is 0.248 e. The Bertz CT molecular complexity index is 809. The molecule has 5 heteroatoms. The molecule has 0 radical (unpaired) electrons. The smallest absolute Gasteiger partial charge is 0.248 e. The van der Waals surface area contributed by atoms with Crippen molar-refractivity contribution in [2.45, 2.75) is 6.54 Å². The maximum absolute atomic E-state index is 11.1. The number of carbonyl (C=O) groups is 1. The Morgan fingerprint density at radius 2 is 1.82 bits per heavy atom. The van der Waals surface area contributed by atoms with Crippen LogP contribution in [0.5, 0.6) is 0 Å². The number of hydrogen-bond acceptors (Lipinski definition) is 4. The first kappa shape index (κ1) is 14.0. The first-order valence-corrected chi connectivity index (χ1v) is 6.95. The molecule has 0 saturated carbocycles. The number of amides is 1. The first-order valence-electron chi connectivity index (χ1n) is 6.95. The van der Waals surface area contributed by atoms with Crippen LogP contribution in [0.2, 0.25) is 0 Å². The fourth-order valence-corrected chi connectivity index (χ4v) is 2.42. The van der Waals surface area contributed by atoms with Gasteiger partial charge >= 0.3 is 0 Å². The van der Waals surface area contributed by atoms with Crippen molar-refractivity contribution in [3.63, 3.8) is 0 Å². The number of primary amides is 1. The third-order valence-corrected chi connectivity index (χ3v) is 3.54. The van der Waals surface area contributed by atoms with Crippen LogP contribution in [-0.4, -0.2) is 22.9 Å². The van der Waals surface area contributed by atoms with Gasteiger partial charge in [0.25, 0.3) is 0 Å². The van der Waals surface area contributed by atoms with Crippen molar-refractivity contribution in [3.8, 4) is 0 Å². The van der Waals surface area contributed by atoms with E-state index in [9.17, 15) is 4.79 Å². The van der Waals surface area contributed by atoms with E-state index in [1.807, 2.05) is 43.4 Å². The molecule has 22 heavy (non-hydrogen) atoms. The molecule has 3 rings (SSSR count). The number of aromatic nitrogens is 2. The van der Waals surface area contributed by atoms with Gasteiger partial charge < -0.3 is 10.6 Å². The van der Waals surface area contributed by atoms with Crippen molar-refractivity contribution in [2.24, 2.45) is 5.73 Å². The number of nitrogens with two attached hydrogens (primary N) is 1. The lowest BCUT2D eigenvalue weighted by molar-refractivity contribution is 0.100. The van der Waals surface area contributed by atoms with Crippen molar-refractivity contribution in [1.82, 2.24) is 9.97 Å². The van der Waals surface area contributed by atoms with Gasteiger partial charge in [0.15, 0.2) is 0 Å². The van der Waals surface area contributed by atoms with Gasteiger partial charge in [-0.3, -0.25) is 4.79 Å². The standard InChI is InChI=1S/C17H16N4O/c1-21(10-12-6-8-13(9-7-12)16(18)22)17-14-4-2-3-5-15(14)19-11-20-17/h2-9,11H,10H2,1H3,(H2,18,22). The zero-order chi connectivity index (χ0) is 15.5. The molecule has 2 N–H and O–H groups in total. The molecule has 2 aromatic carbocycles. The second-order valence-corrected chi connectivity index (χ2v) is 5.13. The quantitative estimate of drug-likeness (QED) is 0.801. The summed E-state index contributed by atoms with van der Waals surface area (Å²) in [7, 11) is 1.98. The van der Waals surface area contributed by atoms with Gasteiger partial charge in [0.2, 0.25) is 5.91 Å². The molecule has 0 spiro atoms. The molecule has 0 fully saturated rings. The van der Waals surface area contributed by atoms with Gasteiger partial charge in [-0.15, -0.1) is 0 Å². The van der Waals surface area contributed by atoms with Crippen LogP contribution >= 0.6 is 0 Å². The van der Waals surface area contributed by atoms with E-state index in [-0.39, 0.29) is 0 Å². The summed E-state index contributed by atoms with van der Waals surface area (Å²) in [5, 5.41) is 1.02. The molecule has 1 amide bonds. The molecule has 0 aliphatic rings. The molecule has 0 unspecified atom stereocenters. The molecule has 0 atom stereocenters. The average Bonchev–Trinajstić information content (AvgIpc) is 2.54. The number of fused-ring (bicyclic) bond motifs is 1. The highest BCUT2D eigenvalue weighted by Crippen LogP contribution is 2.22. The molecule has 5 nitrogen and oxygen atoms in total. The summed E-state index contributed by atoms with van der Waals surface area (Å²) in [6.07, 6.45) is 1.57. The minimum Gasteiger partial charge on any atom is -0.366 e. The molecule has 0 bridgehead atoms. The predicted octanol–water partition coefficient (Wildman–Crippen LogP) is 2.37. The minimum absolute atomic E-state index is 0.415. The normalized spacial score (nSPS) is 10.6. The molecular weight excluding hydrogens is 276 g/mol. The number of benzene rings is 2. The summed E-state index contributed by atoms with van der Waals surface area (Å²) >= 11 is 0. The van der Waals surface area contributed by atoms with Gasteiger partial charge in [-0.1, -0.05) is 24.3 Å². The summed E-state index contributed by atoms with van der Waals surface area (Å²) in [4.78, 5) is 21.8. The van der Waals surface area contributed by atoms with Crippen molar-refractivity contribution in [2.75, 3.05) is 11.9 Å². The average molecular weight is 292 g/mol. The van der Waals surface area contributed by atoms with Gasteiger partial charge in [-0.05, 0) is 29.8 Å². The van der Waals surface area contributed by atoms with E-state index in [2.05, 4.69) is 14.9 Å². The molecule has 1 heterocycles. The third-order valence-electron chi connectivity index (χ3n) is 3.54. The van der Waals surface area contributed by atoms with Crippen LogP contribution in [0.3, 0.4) is 0 Å². The topological polar surface area (TPSA) is 72.1 Å². The van der Waals surface area contributed by atoms with Crippen molar-refractivity contribution in [1.29, 1.82) is 0 Å². The predicted molar refractivity (Wildman–Crippen MR) is 86.6 cm³/mol. The Labute approximate surface area is 128 Å². The molecule has 3 aromatic rings. The molecule has 0 aliphatic carbocycles. The summed E-state index contributed by atoms with van der Waals surface area (Å²) in [5.41, 5.74) is 7.76. The second kappa shape index (κ2) is 5.81. The highest BCUT2D eigenvalue weighted by atomic mass is 16.1. The fourth-order valence-electron chi connectivity index (χ4n) is 2.42. The SMILES string of the molecule is CN(Cc1ccc(C(N)=O)cc1)c1ncnc2ccccc12. The van der Waals surface area contributed by atoms with Crippen molar-refractivity contribution in [3.05, 3.63) is 66.0 Å². The Morgan fingerprint density at radius 1 is 1.09 bits per heavy atom. The maximum atomic E-state index is 11.1. The number of para-hydroxylation sites is 1. The summed E-state index contributed by atoms with van der Waals surface area (Å²) in [6.45, 7) is 0.681. The largest absolute Gasteiger partial charge is 0.366 e. The van der Waals surface area contributed by atoms with Crippen LogP contribution in [0, 0.1) is 0 Å². The lowest BCUT2D eigenvalue weighted by atomic mass is 10.1. The number of rotatable bonds is 4.